The molecule has 0 radical (unpaired) electrons. The third kappa shape index (κ3) is 4.39. The molecule has 2 heterocycles. The second-order valence-corrected chi connectivity index (χ2v) is 6.95. The monoisotopic (exact) mass is 424 g/mol. The summed E-state index contributed by atoms with van der Waals surface area (Å²) in [5.41, 5.74) is 1.38. The number of aromatic nitrogens is 5. The minimum Gasteiger partial charge on any atom is -0.349 e. The lowest BCUT2D eigenvalue weighted by Crippen LogP contribution is -2.26. The highest BCUT2D eigenvalue weighted by atomic mass is 32.1. The molecule has 0 saturated heterocycles. The molecule has 154 valence electrons. The number of carbonyl (C=O) groups excluding carboxylic acids is 1. The van der Waals surface area contributed by atoms with E-state index in [2.05, 4.69) is 20.6 Å². The minimum absolute atomic E-state index is 0.0471. The Hall–Kier alpha value is -2.95. The maximum atomic E-state index is 13.0. The van der Waals surface area contributed by atoms with Crippen molar-refractivity contribution < 1.29 is 18.0 Å². The third-order valence-corrected chi connectivity index (χ3v) is 4.98. The first-order chi connectivity index (χ1) is 13.6. The Bertz CT molecular complexity index is 1110. The summed E-state index contributed by atoms with van der Waals surface area (Å²) in [4.78, 5) is 12.4. The van der Waals surface area contributed by atoms with Crippen LogP contribution in [0.5, 0.6) is 0 Å². The first-order valence-corrected chi connectivity index (χ1v) is 9.08. The third-order valence-electron chi connectivity index (χ3n) is 4.61. The topological polar surface area (TPSA) is 80.5 Å². The minimum atomic E-state index is -4.44. The number of halogens is 3. The average Bonchev–Trinajstić information content (AvgIpc) is 3.13. The highest BCUT2D eigenvalue weighted by Crippen LogP contribution is 2.30. The van der Waals surface area contributed by atoms with Crippen molar-refractivity contribution >= 4 is 18.1 Å². The van der Waals surface area contributed by atoms with E-state index in [4.69, 9.17) is 12.2 Å². The number of benzene rings is 1. The summed E-state index contributed by atoms with van der Waals surface area (Å²) in [6.07, 6.45) is -4.40. The maximum Gasteiger partial charge on any atom is 0.416 e. The van der Waals surface area contributed by atoms with Crippen LogP contribution in [0.3, 0.4) is 0 Å². The number of rotatable bonds is 5. The van der Waals surface area contributed by atoms with E-state index < -0.39 is 11.7 Å². The number of carbonyl (C=O) groups is 1. The van der Waals surface area contributed by atoms with E-state index in [9.17, 15) is 18.0 Å². The Balaban J connectivity index is 1.78. The summed E-state index contributed by atoms with van der Waals surface area (Å²) in [5.74, 6) is 0.324. The fourth-order valence-corrected chi connectivity index (χ4v) is 3.09. The Kier molecular flexibility index (Phi) is 5.60. The second-order valence-electron chi connectivity index (χ2n) is 6.57. The molecule has 0 bridgehead atoms. The van der Waals surface area contributed by atoms with Crippen LogP contribution in [0.4, 0.5) is 13.2 Å². The first-order valence-electron chi connectivity index (χ1n) is 8.67. The molecule has 1 amide bonds. The molecule has 2 N–H and O–H groups in total. The van der Waals surface area contributed by atoms with Gasteiger partial charge in [-0.25, -0.2) is 4.68 Å². The molecule has 2 aromatic heterocycles. The molecule has 0 fully saturated rings. The predicted octanol–water partition coefficient (Wildman–Crippen LogP) is 3.16. The van der Waals surface area contributed by atoms with Gasteiger partial charge < -0.3 is 9.88 Å². The van der Waals surface area contributed by atoms with Gasteiger partial charge in [0, 0.05) is 18.3 Å². The molecule has 29 heavy (non-hydrogen) atoms. The number of H-pyrrole nitrogens is 1. The smallest absolute Gasteiger partial charge is 0.349 e. The maximum absolute atomic E-state index is 13.0. The summed E-state index contributed by atoms with van der Waals surface area (Å²) in [6, 6.07) is 4.92. The van der Waals surface area contributed by atoms with Crippen molar-refractivity contribution in [1.82, 2.24) is 29.9 Å². The fraction of sp³-hybridized carbons (Fsp3) is 0.333. The van der Waals surface area contributed by atoms with Gasteiger partial charge in [0.2, 0.25) is 5.91 Å². The van der Waals surface area contributed by atoms with Crippen LogP contribution in [0.1, 0.15) is 28.3 Å². The van der Waals surface area contributed by atoms with Gasteiger partial charge >= 0.3 is 6.18 Å². The molecular formula is C18H19F3N6OS. The molecule has 0 spiro atoms. The highest BCUT2D eigenvalue weighted by molar-refractivity contribution is 7.71. The van der Waals surface area contributed by atoms with Crippen LogP contribution in [0.2, 0.25) is 0 Å². The number of aryl methyl sites for hydroxylation is 1. The number of amides is 1. The van der Waals surface area contributed by atoms with Gasteiger partial charge in [0.15, 0.2) is 10.6 Å². The lowest BCUT2D eigenvalue weighted by molar-refractivity contribution is -0.137. The lowest BCUT2D eigenvalue weighted by Gasteiger charge is -2.10. The summed E-state index contributed by atoms with van der Waals surface area (Å²) < 4.78 is 42.5. The molecule has 3 aromatic rings. The van der Waals surface area contributed by atoms with Crippen molar-refractivity contribution in [2.75, 3.05) is 0 Å². The van der Waals surface area contributed by atoms with Gasteiger partial charge in [-0.1, -0.05) is 6.07 Å². The van der Waals surface area contributed by atoms with Crippen molar-refractivity contribution in [3.8, 4) is 5.69 Å². The largest absolute Gasteiger partial charge is 0.416 e. The van der Waals surface area contributed by atoms with E-state index in [-0.39, 0.29) is 24.6 Å². The highest BCUT2D eigenvalue weighted by Gasteiger charge is 2.30. The molecule has 0 aliphatic carbocycles. The molecule has 0 saturated carbocycles. The molecule has 0 atom stereocenters. The first kappa shape index (κ1) is 20.8. The van der Waals surface area contributed by atoms with Crippen molar-refractivity contribution in [3.05, 3.63) is 57.4 Å². The molecule has 1 aromatic carbocycles. The van der Waals surface area contributed by atoms with Gasteiger partial charge in [0.1, 0.15) is 0 Å². The molecular weight excluding hydrogens is 405 g/mol. The van der Waals surface area contributed by atoms with Crippen molar-refractivity contribution in [1.29, 1.82) is 0 Å². The number of nitrogens with one attached hydrogen (secondary N) is 2. The van der Waals surface area contributed by atoms with Gasteiger partial charge in [0.25, 0.3) is 0 Å². The summed E-state index contributed by atoms with van der Waals surface area (Å²) in [6.45, 7) is 3.64. The second kappa shape index (κ2) is 7.82. The van der Waals surface area contributed by atoms with Crippen LogP contribution >= 0.6 is 12.2 Å². The van der Waals surface area contributed by atoms with Crippen molar-refractivity contribution in [3.63, 3.8) is 0 Å². The van der Waals surface area contributed by atoms with Gasteiger partial charge in [0.05, 0.1) is 29.9 Å². The van der Waals surface area contributed by atoms with E-state index in [1.54, 1.807) is 31.5 Å². The zero-order valence-corrected chi connectivity index (χ0v) is 16.8. The van der Waals surface area contributed by atoms with Crippen molar-refractivity contribution in [2.45, 2.75) is 33.0 Å². The fourth-order valence-electron chi connectivity index (χ4n) is 2.93. The van der Waals surface area contributed by atoms with Crippen LogP contribution in [-0.4, -0.2) is 30.5 Å². The van der Waals surface area contributed by atoms with E-state index in [1.165, 1.54) is 10.7 Å². The van der Waals surface area contributed by atoms with Gasteiger partial charge in [-0.05, 0) is 44.3 Å². The molecule has 0 unspecified atom stereocenters. The van der Waals surface area contributed by atoms with Crippen LogP contribution in [0, 0.1) is 18.6 Å². The molecule has 0 aliphatic heterocycles. The van der Waals surface area contributed by atoms with Gasteiger partial charge in [-0.15, -0.1) is 0 Å². The lowest BCUT2D eigenvalue weighted by atomic mass is 10.1. The molecule has 0 aliphatic rings. The van der Waals surface area contributed by atoms with E-state index in [1.807, 2.05) is 0 Å². The normalized spacial score (nSPS) is 11.7. The van der Waals surface area contributed by atoms with Crippen LogP contribution in [-0.2, 0) is 31.0 Å². The number of hydrogen-bond donors (Lipinski definition) is 2. The van der Waals surface area contributed by atoms with E-state index in [0.717, 1.165) is 12.1 Å². The number of aromatic amines is 1. The summed E-state index contributed by atoms with van der Waals surface area (Å²) >= 11 is 5.03. The molecule has 11 heteroatoms. The van der Waals surface area contributed by atoms with E-state index in [0.29, 0.717) is 27.5 Å². The zero-order valence-electron chi connectivity index (χ0n) is 16.0. The zero-order chi connectivity index (χ0) is 21.3. The summed E-state index contributed by atoms with van der Waals surface area (Å²) in [7, 11) is 1.74. The van der Waals surface area contributed by atoms with Gasteiger partial charge in [-0.3, -0.25) is 9.89 Å². The SMILES string of the molecule is Cc1nn(-c2cccc(C(F)(F)F)c2)c(C)c1CC(=O)NCc1n[nH]c(=S)n1C. The number of hydrogen-bond acceptors (Lipinski definition) is 4. The standard InChI is InChI=1S/C18H19F3N6OS/c1-10-14(8-16(28)22-9-15-23-24-17(29)26(15)3)11(2)27(25-10)13-6-4-5-12(7-13)18(19,20)21/h4-7H,8-9H2,1-3H3,(H,22,28)(H,24,29). The predicted molar refractivity (Wildman–Crippen MR) is 102 cm³/mol. The van der Waals surface area contributed by atoms with Crippen LogP contribution in [0.25, 0.3) is 5.69 Å². The average molecular weight is 424 g/mol. The number of nitrogens with zero attached hydrogens (tertiary/aromatic N) is 4. The van der Waals surface area contributed by atoms with E-state index >= 15 is 0 Å². The Labute approximate surface area is 169 Å². The molecule has 7 nitrogen and oxygen atoms in total. The van der Waals surface area contributed by atoms with Crippen LogP contribution in [0.15, 0.2) is 24.3 Å². The van der Waals surface area contributed by atoms with Crippen LogP contribution < -0.4 is 5.32 Å². The quantitative estimate of drug-likeness (QED) is 0.617. The Morgan fingerprint density at radius 2 is 2.03 bits per heavy atom. The van der Waals surface area contributed by atoms with Crippen molar-refractivity contribution in [2.24, 2.45) is 7.05 Å². The van der Waals surface area contributed by atoms with Gasteiger partial charge in [-0.2, -0.15) is 23.4 Å². The number of alkyl halides is 3. The Morgan fingerprint density at radius 3 is 2.66 bits per heavy atom. The Morgan fingerprint density at radius 1 is 1.31 bits per heavy atom. The summed E-state index contributed by atoms with van der Waals surface area (Å²) in [5, 5.41) is 13.7. The molecule has 3 rings (SSSR count).